The van der Waals surface area contributed by atoms with Crippen LogP contribution in [0.1, 0.15) is 99.3 Å². The smallest absolute Gasteiger partial charge is 0.334 e. The van der Waals surface area contributed by atoms with Crippen molar-refractivity contribution in [3.8, 4) is 0 Å². The Bertz CT molecular complexity index is 577. The molecule has 2 aliphatic carbocycles. The van der Waals surface area contributed by atoms with E-state index < -0.39 is 5.97 Å². The van der Waals surface area contributed by atoms with Gasteiger partial charge in [-0.2, -0.15) is 0 Å². The number of esters is 2. The predicted molar refractivity (Wildman–Crippen MR) is 116 cm³/mol. The second-order valence-electron chi connectivity index (χ2n) is 11.4. The second kappa shape index (κ2) is 9.66. The molecule has 0 atom stereocenters. The largest absolute Gasteiger partial charge is 0.462 e. The van der Waals surface area contributed by atoms with Gasteiger partial charge in [0.25, 0.3) is 0 Å². The summed E-state index contributed by atoms with van der Waals surface area (Å²) in [5.74, 6) is 0.542. The van der Waals surface area contributed by atoms with E-state index in [1.54, 1.807) is 0 Å². The SMILES string of the molecule is C=C(CC(=O)OC1CCC(C(C)(C)C)CC1)C(=O)OC1CCC(C(C)(C)C)CC1. The Labute approximate surface area is 177 Å². The van der Waals surface area contributed by atoms with E-state index in [-0.39, 0.29) is 30.2 Å². The number of hydrogen-bond donors (Lipinski definition) is 0. The molecule has 0 heterocycles. The van der Waals surface area contributed by atoms with Gasteiger partial charge in [-0.1, -0.05) is 48.1 Å². The minimum atomic E-state index is -0.447. The third-order valence-corrected chi connectivity index (χ3v) is 7.02. The lowest BCUT2D eigenvalue weighted by Gasteiger charge is -2.36. The van der Waals surface area contributed by atoms with Gasteiger partial charge in [0, 0.05) is 5.57 Å². The topological polar surface area (TPSA) is 52.6 Å². The lowest BCUT2D eigenvalue weighted by molar-refractivity contribution is -0.154. The van der Waals surface area contributed by atoms with E-state index in [1.807, 2.05) is 0 Å². The summed E-state index contributed by atoms with van der Waals surface area (Å²) in [5.41, 5.74) is 0.809. The standard InChI is InChI=1S/C25H42O4/c1-17(23(27)29-21-14-10-19(11-15-21)25(5,6)7)16-22(26)28-20-12-8-18(9-13-20)24(2,3)4/h18-21H,1,8-16H2,2-7H3. The van der Waals surface area contributed by atoms with Crippen molar-refractivity contribution in [1.82, 2.24) is 0 Å². The molecule has 4 heteroatoms. The van der Waals surface area contributed by atoms with Gasteiger partial charge in [0.15, 0.2) is 0 Å². The maximum Gasteiger partial charge on any atom is 0.334 e. The van der Waals surface area contributed by atoms with Crippen LogP contribution in [0.15, 0.2) is 12.2 Å². The van der Waals surface area contributed by atoms with Crippen molar-refractivity contribution in [2.75, 3.05) is 0 Å². The predicted octanol–water partition coefficient (Wildman–Crippen LogP) is 6.23. The molecule has 2 rings (SSSR count). The summed E-state index contributed by atoms with van der Waals surface area (Å²) in [6.45, 7) is 17.4. The van der Waals surface area contributed by atoms with Gasteiger partial charge in [0.05, 0.1) is 6.42 Å². The molecule has 0 spiro atoms. The van der Waals surface area contributed by atoms with Gasteiger partial charge in [-0.3, -0.25) is 4.79 Å². The Kier molecular flexibility index (Phi) is 7.98. The minimum absolute atomic E-state index is 0.0300. The van der Waals surface area contributed by atoms with Crippen LogP contribution in [-0.2, 0) is 19.1 Å². The highest BCUT2D eigenvalue weighted by Crippen LogP contribution is 2.39. The zero-order chi connectivity index (χ0) is 21.8. The van der Waals surface area contributed by atoms with Crippen LogP contribution >= 0.6 is 0 Å². The molecule has 0 aliphatic heterocycles. The summed E-state index contributed by atoms with van der Waals surface area (Å²) in [6, 6.07) is 0. The van der Waals surface area contributed by atoms with Crippen LogP contribution in [0.5, 0.6) is 0 Å². The van der Waals surface area contributed by atoms with Crippen molar-refractivity contribution in [1.29, 1.82) is 0 Å². The van der Waals surface area contributed by atoms with Crippen LogP contribution < -0.4 is 0 Å². The van der Waals surface area contributed by atoms with Gasteiger partial charge in [0.1, 0.15) is 12.2 Å². The van der Waals surface area contributed by atoms with Gasteiger partial charge in [-0.25, -0.2) is 4.79 Å². The van der Waals surface area contributed by atoms with Gasteiger partial charge in [-0.15, -0.1) is 0 Å². The Balaban J connectivity index is 1.69. The van der Waals surface area contributed by atoms with Crippen molar-refractivity contribution in [3.63, 3.8) is 0 Å². The lowest BCUT2D eigenvalue weighted by Crippen LogP contribution is -2.31. The first-order valence-corrected chi connectivity index (χ1v) is 11.4. The summed E-state index contributed by atoms with van der Waals surface area (Å²) in [4.78, 5) is 24.6. The van der Waals surface area contributed by atoms with Gasteiger partial charge >= 0.3 is 11.9 Å². The molecule has 0 saturated heterocycles. The van der Waals surface area contributed by atoms with Crippen LogP contribution in [0, 0.1) is 22.7 Å². The van der Waals surface area contributed by atoms with Gasteiger partial charge in [-0.05, 0) is 74.0 Å². The van der Waals surface area contributed by atoms with Gasteiger partial charge < -0.3 is 9.47 Å². The van der Waals surface area contributed by atoms with E-state index in [9.17, 15) is 9.59 Å². The number of ether oxygens (including phenoxy) is 2. The van der Waals surface area contributed by atoms with E-state index in [2.05, 4.69) is 48.1 Å². The average Bonchev–Trinajstić information content (AvgIpc) is 2.61. The summed E-state index contributed by atoms with van der Waals surface area (Å²) in [5, 5.41) is 0. The summed E-state index contributed by atoms with van der Waals surface area (Å²) in [6.07, 6.45) is 7.76. The lowest BCUT2D eigenvalue weighted by atomic mass is 9.72. The second-order valence-corrected chi connectivity index (χ2v) is 11.4. The van der Waals surface area contributed by atoms with Crippen LogP contribution in [-0.4, -0.2) is 24.1 Å². The first kappa shape index (κ1) is 24.0. The highest BCUT2D eigenvalue weighted by Gasteiger charge is 2.33. The zero-order valence-corrected chi connectivity index (χ0v) is 19.5. The molecule has 0 aromatic rings. The minimum Gasteiger partial charge on any atom is -0.462 e. The molecule has 4 nitrogen and oxygen atoms in total. The number of rotatable bonds is 5. The molecule has 0 aromatic heterocycles. The third kappa shape index (κ3) is 7.46. The van der Waals surface area contributed by atoms with E-state index >= 15 is 0 Å². The first-order valence-electron chi connectivity index (χ1n) is 11.4. The van der Waals surface area contributed by atoms with E-state index in [0.29, 0.717) is 22.7 Å². The summed E-state index contributed by atoms with van der Waals surface area (Å²) >= 11 is 0. The van der Waals surface area contributed by atoms with E-state index in [0.717, 1.165) is 51.4 Å². The fraction of sp³-hybridized carbons (Fsp3) is 0.840. The van der Waals surface area contributed by atoms with Crippen molar-refractivity contribution in [2.45, 2.75) is 112 Å². The molecule has 0 aromatic carbocycles. The molecule has 2 fully saturated rings. The molecule has 0 N–H and O–H groups in total. The molecule has 29 heavy (non-hydrogen) atoms. The Morgan fingerprint density at radius 3 is 1.48 bits per heavy atom. The molecule has 0 unspecified atom stereocenters. The monoisotopic (exact) mass is 406 g/mol. The molecular weight excluding hydrogens is 364 g/mol. The molecule has 2 aliphatic rings. The molecule has 0 radical (unpaired) electrons. The van der Waals surface area contributed by atoms with Crippen molar-refractivity contribution >= 4 is 11.9 Å². The third-order valence-electron chi connectivity index (χ3n) is 7.02. The van der Waals surface area contributed by atoms with E-state index in [1.165, 1.54) is 0 Å². The Morgan fingerprint density at radius 1 is 0.724 bits per heavy atom. The zero-order valence-electron chi connectivity index (χ0n) is 19.5. The van der Waals surface area contributed by atoms with E-state index in [4.69, 9.17) is 9.47 Å². The number of carbonyl (C=O) groups is 2. The fourth-order valence-electron chi connectivity index (χ4n) is 4.80. The van der Waals surface area contributed by atoms with Crippen LogP contribution in [0.2, 0.25) is 0 Å². The van der Waals surface area contributed by atoms with Crippen LogP contribution in [0.3, 0.4) is 0 Å². The first-order chi connectivity index (χ1) is 13.4. The van der Waals surface area contributed by atoms with Crippen molar-refractivity contribution in [2.24, 2.45) is 22.7 Å². The van der Waals surface area contributed by atoms with Gasteiger partial charge in [0.2, 0.25) is 0 Å². The maximum absolute atomic E-state index is 12.3. The molecular formula is C25H42O4. The van der Waals surface area contributed by atoms with Crippen molar-refractivity contribution < 1.29 is 19.1 Å². The number of hydrogen-bond acceptors (Lipinski definition) is 4. The number of carbonyl (C=O) groups excluding carboxylic acids is 2. The molecule has 0 bridgehead atoms. The Morgan fingerprint density at radius 2 is 1.10 bits per heavy atom. The van der Waals surface area contributed by atoms with Crippen molar-refractivity contribution in [3.05, 3.63) is 12.2 Å². The average molecular weight is 407 g/mol. The maximum atomic E-state index is 12.3. The Hall–Kier alpha value is -1.32. The molecule has 2 saturated carbocycles. The quantitative estimate of drug-likeness (QED) is 0.401. The van der Waals surface area contributed by atoms with Crippen LogP contribution in [0.25, 0.3) is 0 Å². The molecule has 0 amide bonds. The highest BCUT2D eigenvalue weighted by molar-refractivity contribution is 5.93. The summed E-state index contributed by atoms with van der Waals surface area (Å²) in [7, 11) is 0. The fourth-order valence-corrected chi connectivity index (χ4v) is 4.80. The van der Waals surface area contributed by atoms with Crippen LogP contribution in [0.4, 0.5) is 0 Å². The highest BCUT2D eigenvalue weighted by atomic mass is 16.6. The normalized spacial score (nSPS) is 28.5. The molecule has 166 valence electrons. The summed E-state index contributed by atoms with van der Waals surface area (Å²) < 4.78 is 11.2.